The largest absolute Gasteiger partial charge is 0.374 e. The molecular weight excluding hydrogens is 140 g/mol. The van der Waals surface area contributed by atoms with Gasteiger partial charge in [0.1, 0.15) is 6.61 Å². The monoisotopic (exact) mass is 158 g/mol. The Bertz CT molecular complexity index is 99.7. The van der Waals surface area contributed by atoms with Crippen molar-refractivity contribution in [2.45, 2.75) is 39.5 Å². The summed E-state index contributed by atoms with van der Waals surface area (Å²) >= 11 is 0. The minimum absolute atomic E-state index is 0.236. The fourth-order valence-corrected chi connectivity index (χ4v) is 0.776. The van der Waals surface area contributed by atoms with Crippen LogP contribution in [0.5, 0.6) is 0 Å². The minimum Gasteiger partial charge on any atom is -0.374 e. The highest BCUT2D eigenvalue weighted by atomic mass is 16.5. The van der Waals surface area contributed by atoms with Crippen molar-refractivity contribution < 1.29 is 9.53 Å². The molecule has 0 fully saturated rings. The molecule has 0 saturated heterocycles. The summed E-state index contributed by atoms with van der Waals surface area (Å²) in [4.78, 5) is 11.0. The Balaban J connectivity index is 3.09. The summed E-state index contributed by atoms with van der Waals surface area (Å²) in [6.45, 7) is 5.14. The molecule has 0 aliphatic rings. The molecule has 0 heterocycles. The summed E-state index contributed by atoms with van der Waals surface area (Å²) < 4.78 is 5.09. The number of ether oxygens (including phenoxy) is 1. The van der Waals surface area contributed by atoms with Crippen molar-refractivity contribution >= 4 is 5.78 Å². The molecule has 11 heavy (non-hydrogen) atoms. The normalized spacial score (nSPS) is 10.0. The van der Waals surface area contributed by atoms with Crippen LogP contribution in [0.1, 0.15) is 39.5 Å². The van der Waals surface area contributed by atoms with Gasteiger partial charge in [-0.05, 0) is 12.8 Å². The minimum atomic E-state index is 0.236. The first-order valence-corrected chi connectivity index (χ1v) is 4.40. The van der Waals surface area contributed by atoms with Crippen LogP contribution >= 0.6 is 0 Å². The summed E-state index contributed by atoms with van der Waals surface area (Å²) in [5, 5.41) is 0. The number of carbonyl (C=O) groups is 1. The molecule has 66 valence electrons. The number of unbranched alkanes of at least 4 members (excludes halogenated alkanes) is 1. The average molecular weight is 158 g/mol. The first-order valence-electron chi connectivity index (χ1n) is 4.40. The molecular formula is C9H18O2. The molecule has 0 atom stereocenters. The van der Waals surface area contributed by atoms with Gasteiger partial charge in [-0.2, -0.15) is 0 Å². The van der Waals surface area contributed by atoms with Crippen LogP contribution in [0.3, 0.4) is 0 Å². The zero-order chi connectivity index (χ0) is 8.53. The third-order valence-electron chi connectivity index (χ3n) is 1.42. The molecule has 0 bridgehead atoms. The molecule has 0 amide bonds. The molecule has 2 heteroatoms. The fraction of sp³-hybridized carbons (Fsp3) is 0.889. The summed E-state index contributed by atoms with van der Waals surface area (Å²) in [5.74, 6) is 0.236. The number of Topliss-reactive ketones (excluding diaryl/α,β-unsaturated/α-hetero) is 1. The summed E-state index contributed by atoms with van der Waals surface area (Å²) in [6.07, 6.45) is 3.75. The van der Waals surface area contributed by atoms with E-state index in [1.54, 1.807) is 0 Å². The van der Waals surface area contributed by atoms with Gasteiger partial charge in [-0.1, -0.05) is 20.3 Å². The van der Waals surface area contributed by atoms with Gasteiger partial charge in [0.25, 0.3) is 0 Å². The van der Waals surface area contributed by atoms with Crippen LogP contribution in [-0.4, -0.2) is 19.0 Å². The highest BCUT2D eigenvalue weighted by molar-refractivity contribution is 5.79. The molecule has 0 unspecified atom stereocenters. The SMILES string of the molecule is CCCCC(=O)COCCC. The van der Waals surface area contributed by atoms with Crippen LogP contribution < -0.4 is 0 Å². The van der Waals surface area contributed by atoms with E-state index in [9.17, 15) is 4.79 Å². The third kappa shape index (κ3) is 7.53. The molecule has 0 N–H and O–H groups in total. The number of ketones is 1. The smallest absolute Gasteiger partial charge is 0.158 e. The standard InChI is InChI=1S/C9H18O2/c1-3-5-6-9(10)8-11-7-4-2/h3-8H2,1-2H3. The quantitative estimate of drug-likeness (QED) is 0.531. The van der Waals surface area contributed by atoms with E-state index >= 15 is 0 Å². The first-order chi connectivity index (χ1) is 5.31. The van der Waals surface area contributed by atoms with Crippen molar-refractivity contribution in [2.75, 3.05) is 13.2 Å². The van der Waals surface area contributed by atoms with Crippen LogP contribution in [0.25, 0.3) is 0 Å². The van der Waals surface area contributed by atoms with E-state index in [0.717, 1.165) is 19.3 Å². The lowest BCUT2D eigenvalue weighted by molar-refractivity contribution is -0.123. The van der Waals surface area contributed by atoms with E-state index in [1.807, 2.05) is 6.92 Å². The highest BCUT2D eigenvalue weighted by Gasteiger charge is 1.99. The van der Waals surface area contributed by atoms with Gasteiger partial charge in [-0.3, -0.25) is 4.79 Å². The second kappa shape index (κ2) is 7.73. The van der Waals surface area contributed by atoms with Crippen molar-refractivity contribution in [3.63, 3.8) is 0 Å². The Labute approximate surface area is 68.9 Å². The van der Waals surface area contributed by atoms with E-state index in [1.165, 1.54) is 0 Å². The van der Waals surface area contributed by atoms with Crippen LogP contribution in [0.2, 0.25) is 0 Å². The molecule has 0 rings (SSSR count). The molecule has 0 aromatic rings. The van der Waals surface area contributed by atoms with Crippen molar-refractivity contribution in [1.82, 2.24) is 0 Å². The Kier molecular flexibility index (Phi) is 7.47. The average Bonchev–Trinajstić information content (AvgIpc) is 2.01. The van der Waals surface area contributed by atoms with Crippen molar-refractivity contribution in [3.8, 4) is 0 Å². The first kappa shape index (κ1) is 10.6. The Morgan fingerprint density at radius 3 is 2.55 bits per heavy atom. The van der Waals surface area contributed by atoms with E-state index < -0.39 is 0 Å². The predicted molar refractivity (Wildman–Crippen MR) is 45.6 cm³/mol. The van der Waals surface area contributed by atoms with Crippen molar-refractivity contribution in [3.05, 3.63) is 0 Å². The van der Waals surface area contributed by atoms with E-state index in [2.05, 4.69) is 6.92 Å². The van der Waals surface area contributed by atoms with Gasteiger partial charge in [-0.15, -0.1) is 0 Å². The molecule has 0 radical (unpaired) electrons. The van der Waals surface area contributed by atoms with Crippen molar-refractivity contribution in [1.29, 1.82) is 0 Å². The van der Waals surface area contributed by atoms with Gasteiger partial charge in [0.2, 0.25) is 0 Å². The molecule has 0 aliphatic carbocycles. The molecule has 0 spiro atoms. The summed E-state index contributed by atoms with van der Waals surface area (Å²) in [7, 11) is 0. The molecule has 0 saturated carbocycles. The fourth-order valence-electron chi connectivity index (χ4n) is 0.776. The topological polar surface area (TPSA) is 26.3 Å². The Morgan fingerprint density at radius 1 is 1.27 bits per heavy atom. The summed E-state index contributed by atoms with van der Waals surface area (Å²) in [5.41, 5.74) is 0. The van der Waals surface area contributed by atoms with Crippen molar-refractivity contribution in [2.24, 2.45) is 0 Å². The maximum absolute atomic E-state index is 11.0. The van der Waals surface area contributed by atoms with E-state index in [0.29, 0.717) is 19.6 Å². The van der Waals surface area contributed by atoms with Gasteiger partial charge in [0.05, 0.1) is 0 Å². The van der Waals surface area contributed by atoms with Gasteiger partial charge >= 0.3 is 0 Å². The third-order valence-corrected chi connectivity index (χ3v) is 1.42. The zero-order valence-corrected chi connectivity index (χ0v) is 7.56. The lowest BCUT2D eigenvalue weighted by Gasteiger charge is -2.00. The van der Waals surface area contributed by atoms with E-state index in [4.69, 9.17) is 4.74 Å². The van der Waals surface area contributed by atoms with Gasteiger partial charge < -0.3 is 4.74 Å². The predicted octanol–water partition coefficient (Wildman–Crippen LogP) is 2.17. The Hall–Kier alpha value is -0.370. The van der Waals surface area contributed by atoms with Crippen LogP contribution in [-0.2, 0) is 9.53 Å². The number of carbonyl (C=O) groups excluding carboxylic acids is 1. The summed E-state index contributed by atoms with van der Waals surface area (Å²) in [6, 6.07) is 0. The van der Waals surface area contributed by atoms with Crippen LogP contribution in [0, 0.1) is 0 Å². The second-order valence-electron chi connectivity index (χ2n) is 2.69. The van der Waals surface area contributed by atoms with Gasteiger partial charge in [0, 0.05) is 13.0 Å². The van der Waals surface area contributed by atoms with E-state index in [-0.39, 0.29) is 5.78 Å². The number of rotatable bonds is 7. The lowest BCUT2D eigenvalue weighted by atomic mass is 10.2. The molecule has 2 nitrogen and oxygen atoms in total. The molecule has 0 aromatic heterocycles. The number of hydrogen-bond acceptors (Lipinski definition) is 2. The van der Waals surface area contributed by atoms with Gasteiger partial charge in [0.15, 0.2) is 5.78 Å². The maximum Gasteiger partial charge on any atom is 0.158 e. The highest BCUT2D eigenvalue weighted by Crippen LogP contribution is 1.95. The van der Waals surface area contributed by atoms with Crippen LogP contribution in [0.15, 0.2) is 0 Å². The Morgan fingerprint density at radius 2 is 2.00 bits per heavy atom. The van der Waals surface area contributed by atoms with Crippen LogP contribution in [0.4, 0.5) is 0 Å². The lowest BCUT2D eigenvalue weighted by Crippen LogP contribution is -2.08. The molecule has 0 aromatic carbocycles. The second-order valence-corrected chi connectivity index (χ2v) is 2.69. The molecule has 0 aliphatic heterocycles. The number of hydrogen-bond donors (Lipinski definition) is 0. The maximum atomic E-state index is 11.0. The van der Waals surface area contributed by atoms with Gasteiger partial charge in [-0.25, -0.2) is 0 Å². The zero-order valence-electron chi connectivity index (χ0n) is 7.56.